The average Bonchev–Trinajstić information content (AvgIpc) is 2.30. The van der Waals surface area contributed by atoms with Crippen LogP contribution in [0, 0.1) is 17.0 Å². The van der Waals surface area contributed by atoms with Gasteiger partial charge >= 0.3 is 0 Å². The van der Waals surface area contributed by atoms with Gasteiger partial charge in [0.15, 0.2) is 5.78 Å². The molecule has 0 spiro atoms. The minimum atomic E-state index is -1.06. The van der Waals surface area contributed by atoms with E-state index in [4.69, 9.17) is 0 Å². The third kappa shape index (κ3) is 4.60. The van der Waals surface area contributed by atoms with E-state index in [2.05, 4.69) is 5.32 Å². The first-order chi connectivity index (χ1) is 9.76. The Morgan fingerprint density at radius 2 is 1.45 bits per heavy atom. The Balaban J connectivity index is 3.31. The number of carbonyl (C=O) groups is 1. The second-order valence-electron chi connectivity index (χ2n) is 8.16. The molecule has 1 aromatic carbocycles. The van der Waals surface area contributed by atoms with Gasteiger partial charge in [-0.05, 0) is 39.8 Å². The maximum absolute atomic E-state index is 14.0. The Hall–Kier alpha value is -1.29. The molecular weight excluding hydrogens is 284 g/mol. The Bertz CT molecular complexity index is 535. The lowest BCUT2D eigenvalue weighted by Gasteiger charge is -2.40. The van der Waals surface area contributed by atoms with E-state index < -0.39 is 22.6 Å². The first kappa shape index (κ1) is 18.8. The smallest absolute Gasteiger partial charge is 0.158 e. The highest BCUT2D eigenvalue weighted by Gasteiger charge is 2.42. The monoisotopic (exact) mass is 311 g/mol. The van der Waals surface area contributed by atoms with E-state index in [1.807, 2.05) is 41.5 Å². The van der Waals surface area contributed by atoms with Crippen molar-refractivity contribution in [1.82, 2.24) is 5.32 Å². The Kier molecular flexibility index (Phi) is 5.18. The summed E-state index contributed by atoms with van der Waals surface area (Å²) in [5.74, 6) is -1.31. The molecule has 0 aromatic heterocycles. The lowest BCUT2D eigenvalue weighted by atomic mass is 9.75. The number of halogens is 2. The summed E-state index contributed by atoms with van der Waals surface area (Å²) in [5, 5.41) is 3.26. The number of ketones is 1. The van der Waals surface area contributed by atoms with Crippen LogP contribution in [-0.2, 0) is 11.2 Å². The quantitative estimate of drug-likeness (QED) is 0.899. The fourth-order valence-electron chi connectivity index (χ4n) is 2.89. The van der Waals surface area contributed by atoms with Crippen LogP contribution in [0.4, 0.5) is 8.78 Å². The molecule has 1 aromatic rings. The van der Waals surface area contributed by atoms with Gasteiger partial charge in [-0.1, -0.05) is 26.8 Å². The molecule has 0 aliphatic carbocycles. The van der Waals surface area contributed by atoms with E-state index in [1.54, 1.807) is 6.92 Å². The van der Waals surface area contributed by atoms with Gasteiger partial charge in [0.05, 0.1) is 5.54 Å². The molecule has 0 unspecified atom stereocenters. The maximum Gasteiger partial charge on any atom is 0.158 e. The summed E-state index contributed by atoms with van der Waals surface area (Å²) < 4.78 is 28.0. The minimum absolute atomic E-state index is 0.0289. The molecule has 0 aliphatic rings. The molecule has 4 heteroatoms. The summed E-state index contributed by atoms with van der Waals surface area (Å²) in [4.78, 5) is 12.9. The van der Waals surface area contributed by atoms with Gasteiger partial charge in [-0.2, -0.15) is 0 Å². The number of benzene rings is 1. The number of rotatable bonds is 4. The third-order valence-electron chi connectivity index (χ3n) is 3.43. The molecule has 124 valence electrons. The Morgan fingerprint density at radius 1 is 1.00 bits per heavy atom. The van der Waals surface area contributed by atoms with Gasteiger partial charge in [-0.3, -0.25) is 4.79 Å². The van der Waals surface area contributed by atoms with Crippen LogP contribution in [0.5, 0.6) is 0 Å². The summed E-state index contributed by atoms with van der Waals surface area (Å²) >= 11 is 0. The van der Waals surface area contributed by atoms with Gasteiger partial charge in [0.2, 0.25) is 0 Å². The maximum atomic E-state index is 14.0. The SMILES string of the molecule is CC(C)(C)N[C@](C)(Cc1c(F)cccc1F)C(=O)C(C)(C)C. The zero-order valence-electron chi connectivity index (χ0n) is 14.6. The molecular formula is C18H27F2NO. The predicted octanol–water partition coefficient (Wildman–Crippen LogP) is 4.27. The molecule has 0 amide bonds. The minimum Gasteiger partial charge on any atom is -0.300 e. The van der Waals surface area contributed by atoms with Crippen molar-refractivity contribution in [2.24, 2.45) is 5.41 Å². The fourth-order valence-corrected chi connectivity index (χ4v) is 2.89. The normalized spacial score (nSPS) is 15.5. The number of hydrogen-bond donors (Lipinski definition) is 1. The molecule has 0 fully saturated rings. The third-order valence-corrected chi connectivity index (χ3v) is 3.43. The Morgan fingerprint density at radius 3 is 1.82 bits per heavy atom. The predicted molar refractivity (Wildman–Crippen MR) is 85.8 cm³/mol. The molecule has 22 heavy (non-hydrogen) atoms. The van der Waals surface area contributed by atoms with E-state index in [0.717, 1.165) is 0 Å². The number of Topliss-reactive ketones (excluding diaryl/α,β-unsaturated/α-hetero) is 1. The van der Waals surface area contributed by atoms with Crippen LogP contribution in [0.3, 0.4) is 0 Å². The Labute approximate surface area is 132 Å². The van der Waals surface area contributed by atoms with Crippen LogP contribution in [-0.4, -0.2) is 16.9 Å². The molecule has 0 bridgehead atoms. The van der Waals surface area contributed by atoms with Gasteiger partial charge in [-0.25, -0.2) is 8.78 Å². The first-order valence-electron chi connectivity index (χ1n) is 7.53. The molecule has 0 saturated carbocycles. The van der Waals surface area contributed by atoms with Crippen molar-refractivity contribution in [1.29, 1.82) is 0 Å². The van der Waals surface area contributed by atoms with Crippen molar-refractivity contribution >= 4 is 5.78 Å². The second-order valence-corrected chi connectivity index (χ2v) is 8.16. The van der Waals surface area contributed by atoms with Crippen molar-refractivity contribution in [3.63, 3.8) is 0 Å². The average molecular weight is 311 g/mol. The highest BCUT2D eigenvalue weighted by Crippen LogP contribution is 2.29. The fraction of sp³-hybridized carbons (Fsp3) is 0.611. The van der Waals surface area contributed by atoms with Crippen molar-refractivity contribution in [2.75, 3.05) is 0 Å². The molecule has 0 saturated heterocycles. The van der Waals surface area contributed by atoms with Crippen LogP contribution >= 0.6 is 0 Å². The van der Waals surface area contributed by atoms with Gasteiger partial charge in [0.25, 0.3) is 0 Å². The highest BCUT2D eigenvalue weighted by molar-refractivity contribution is 5.92. The lowest BCUT2D eigenvalue weighted by molar-refractivity contribution is -0.133. The molecule has 0 heterocycles. The van der Waals surface area contributed by atoms with Gasteiger partial charge in [-0.15, -0.1) is 0 Å². The van der Waals surface area contributed by atoms with Crippen molar-refractivity contribution in [3.8, 4) is 0 Å². The zero-order chi connectivity index (χ0) is 17.3. The molecule has 1 atom stereocenters. The molecule has 2 nitrogen and oxygen atoms in total. The summed E-state index contributed by atoms with van der Waals surface area (Å²) in [6.07, 6.45) is -0.0289. The van der Waals surface area contributed by atoms with Crippen LogP contribution in [0.15, 0.2) is 18.2 Å². The van der Waals surface area contributed by atoms with Crippen molar-refractivity contribution in [2.45, 2.75) is 66.0 Å². The standard InChI is InChI=1S/C18H27F2NO/c1-16(2,3)15(22)18(7,21-17(4,5)6)11-12-13(19)9-8-10-14(12)20/h8-10,21H,11H2,1-7H3/t18-/m1/s1. The number of carbonyl (C=O) groups excluding carboxylic acids is 1. The van der Waals surface area contributed by atoms with E-state index in [-0.39, 0.29) is 23.3 Å². The zero-order valence-corrected chi connectivity index (χ0v) is 14.6. The van der Waals surface area contributed by atoms with Crippen molar-refractivity contribution in [3.05, 3.63) is 35.4 Å². The summed E-state index contributed by atoms with van der Waals surface area (Å²) in [6.45, 7) is 13.0. The largest absolute Gasteiger partial charge is 0.300 e. The lowest BCUT2D eigenvalue weighted by Crippen LogP contribution is -2.61. The van der Waals surface area contributed by atoms with Gasteiger partial charge in [0, 0.05) is 22.9 Å². The van der Waals surface area contributed by atoms with Crippen LogP contribution in [0.2, 0.25) is 0 Å². The molecule has 1 rings (SSSR count). The van der Waals surface area contributed by atoms with E-state index in [0.29, 0.717) is 0 Å². The summed E-state index contributed by atoms with van der Waals surface area (Å²) in [7, 11) is 0. The van der Waals surface area contributed by atoms with E-state index >= 15 is 0 Å². The first-order valence-corrected chi connectivity index (χ1v) is 7.53. The van der Waals surface area contributed by atoms with E-state index in [1.165, 1.54) is 18.2 Å². The van der Waals surface area contributed by atoms with Crippen molar-refractivity contribution < 1.29 is 13.6 Å². The number of hydrogen-bond acceptors (Lipinski definition) is 2. The summed E-state index contributed by atoms with van der Waals surface area (Å²) in [5.41, 5.74) is -2.09. The molecule has 0 aliphatic heterocycles. The van der Waals surface area contributed by atoms with Crippen LogP contribution < -0.4 is 5.32 Å². The number of nitrogens with one attached hydrogen (secondary N) is 1. The van der Waals surface area contributed by atoms with Gasteiger partial charge in [0.1, 0.15) is 11.6 Å². The van der Waals surface area contributed by atoms with E-state index in [9.17, 15) is 13.6 Å². The summed E-state index contributed by atoms with van der Waals surface area (Å²) in [6, 6.07) is 3.77. The molecule has 0 radical (unpaired) electrons. The van der Waals surface area contributed by atoms with Crippen LogP contribution in [0.25, 0.3) is 0 Å². The van der Waals surface area contributed by atoms with Crippen LogP contribution in [0.1, 0.15) is 54.0 Å². The molecule has 1 N–H and O–H groups in total. The second kappa shape index (κ2) is 6.07. The highest BCUT2D eigenvalue weighted by atomic mass is 19.1. The van der Waals surface area contributed by atoms with Gasteiger partial charge < -0.3 is 5.32 Å². The topological polar surface area (TPSA) is 29.1 Å².